The molecule has 0 aliphatic rings. The first kappa shape index (κ1) is 16.7. The summed E-state index contributed by atoms with van der Waals surface area (Å²) >= 11 is 0. The van der Waals surface area contributed by atoms with Crippen molar-refractivity contribution in [2.45, 2.75) is 19.6 Å². The molecule has 0 aliphatic heterocycles. The molecule has 20 heavy (non-hydrogen) atoms. The van der Waals surface area contributed by atoms with Gasteiger partial charge in [-0.1, -0.05) is 13.0 Å². The Morgan fingerprint density at radius 1 is 1.20 bits per heavy atom. The summed E-state index contributed by atoms with van der Waals surface area (Å²) in [6.45, 7) is 1.53. The van der Waals surface area contributed by atoms with Crippen molar-refractivity contribution >= 4 is 0 Å². The van der Waals surface area contributed by atoms with Gasteiger partial charge in [0.05, 0.1) is 6.61 Å². The first-order chi connectivity index (χ1) is 9.42. The van der Waals surface area contributed by atoms with Crippen molar-refractivity contribution in [3.63, 3.8) is 0 Å². The third kappa shape index (κ3) is 6.72. The second kappa shape index (κ2) is 8.06. The average molecular weight is 295 g/mol. The highest BCUT2D eigenvalue weighted by Crippen LogP contribution is 2.18. The molecule has 0 bridgehead atoms. The number of halogens is 4. The van der Waals surface area contributed by atoms with Gasteiger partial charge in [0.25, 0.3) is 0 Å². The van der Waals surface area contributed by atoms with Crippen LogP contribution in [-0.2, 0) is 11.3 Å². The number of ether oxygens (including phenoxy) is 2. The largest absolute Gasteiger partial charge is 0.488 e. The molecule has 3 nitrogen and oxygen atoms in total. The molecule has 1 rings (SSSR count). The van der Waals surface area contributed by atoms with Gasteiger partial charge in [-0.2, -0.15) is 13.2 Å². The van der Waals surface area contributed by atoms with E-state index in [0.29, 0.717) is 6.54 Å². The van der Waals surface area contributed by atoms with E-state index in [-0.39, 0.29) is 19.0 Å². The van der Waals surface area contributed by atoms with Crippen molar-refractivity contribution in [1.29, 1.82) is 0 Å². The summed E-state index contributed by atoms with van der Waals surface area (Å²) in [6.07, 6.45) is -4.36. The molecule has 0 amide bonds. The molecule has 0 saturated carbocycles. The van der Waals surface area contributed by atoms with Gasteiger partial charge in [-0.05, 0) is 24.2 Å². The maximum atomic E-state index is 13.6. The van der Waals surface area contributed by atoms with Crippen molar-refractivity contribution in [3.05, 3.63) is 29.6 Å². The molecule has 0 radical (unpaired) electrons. The van der Waals surface area contributed by atoms with Crippen LogP contribution >= 0.6 is 0 Å². The fourth-order valence-electron chi connectivity index (χ4n) is 1.44. The molecule has 1 N–H and O–H groups in total. The molecule has 0 heterocycles. The number of nitrogens with one attached hydrogen (secondary N) is 1. The van der Waals surface area contributed by atoms with Gasteiger partial charge in [-0.25, -0.2) is 4.39 Å². The lowest BCUT2D eigenvalue weighted by Gasteiger charge is -2.10. The first-order valence-corrected chi connectivity index (χ1v) is 6.19. The summed E-state index contributed by atoms with van der Waals surface area (Å²) in [5.41, 5.74) is 0.769. The Labute approximate surface area is 114 Å². The minimum atomic E-state index is -4.36. The zero-order valence-electron chi connectivity index (χ0n) is 11.1. The standard InChI is InChI=1S/C13H17F4NO2/c1-2-18-8-10-3-4-12(11(14)7-10)20-6-5-19-9-13(15,16)17/h3-4,7,18H,2,5-6,8-9H2,1H3. The normalized spacial score (nSPS) is 11.7. The average Bonchev–Trinajstić information content (AvgIpc) is 2.36. The van der Waals surface area contributed by atoms with Gasteiger partial charge < -0.3 is 14.8 Å². The maximum Gasteiger partial charge on any atom is 0.411 e. The van der Waals surface area contributed by atoms with Crippen molar-refractivity contribution in [1.82, 2.24) is 5.32 Å². The van der Waals surface area contributed by atoms with E-state index >= 15 is 0 Å². The Hall–Kier alpha value is -1.34. The molecule has 0 fully saturated rings. The van der Waals surface area contributed by atoms with Gasteiger partial charge >= 0.3 is 6.18 Å². The molecule has 7 heteroatoms. The number of hydrogen-bond donors (Lipinski definition) is 1. The van der Waals surface area contributed by atoms with Crippen LogP contribution in [0.3, 0.4) is 0 Å². The predicted octanol–water partition coefficient (Wildman–Crippen LogP) is 2.89. The predicted molar refractivity (Wildman–Crippen MR) is 66.1 cm³/mol. The number of rotatable bonds is 8. The van der Waals surface area contributed by atoms with Crippen LogP contribution in [0, 0.1) is 5.82 Å². The van der Waals surface area contributed by atoms with Crippen LogP contribution in [0.4, 0.5) is 17.6 Å². The Morgan fingerprint density at radius 2 is 1.95 bits per heavy atom. The number of benzene rings is 1. The minimum Gasteiger partial charge on any atom is -0.488 e. The van der Waals surface area contributed by atoms with Crippen LogP contribution in [0.1, 0.15) is 12.5 Å². The molecule has 0 atom stereocenters. The number of alkyl halides is 3. The Kier molecular flexibility index (Phi) is 6.74. The van der Waals surface area contributed by atoms with E-state index in [1.54, 1.807) is 6.07 Å². The highest BCUT2D eigenvalue weighted by molar-refractivity contribution is 5.29. The van der Waals surface area contributed by atoms with Crippen molar-refractivity contribution in [2.75, 3.05) is 26.4 Å². The van der Waals surface area contributed by atoms with Crippen LogP contribution in [0.2, 0.25) is 0 Å². The fraction of sp³-hybridized carbons (Fsp3) is 0.538. The molecule has 0 unspecified atom stereocenters. The van der Waals surface area contributed by atoms with Crippen LogP contribution in [0.25, 0.3) is 0 Å². The third-order valence-corrected chi connectivity index (χ3v) is 2.33. The summed E-state index contributed by atoms with van der Waals surface area (Å²) in [5, 5.41) is 3.05. The second-order valence-electron chi connectivity index (χ2n) is 4.06. The Bertz CT molecular complexity index is 410. The summed E-state index contributed by atoms with van der Waals surface area (Å²) in [6, 6.07) is 4.47. The van der Waals surface area contributed by atoms with Gasteiger partial charge in [0.15, 0.2) is 11.6 Å². The fourth-order valence-corrected chi connectivity index (χ4v) is 1.44. The molecule has 0 saturated heterocycles. The molecular weight excluding hydrogens is 278 g/mol. The molecule has 0 aliphatic carbocycles. The van der Waals surface area contributed by atoms with E-state index in [1.165, 1.54) is 12.1 Å². The van der Waals surface area contributed by atoms with E-state index in [0.717, 1.165) is 12.1 Å². The summed E-state index contributed by atoms with van der Waals surface area (Å²) in [4.78, 5) is 0. The van der Waals surface area contributed by atoms with E-state index < -0.39 is 18.6 Å². The highest BCUT2D eigenvalue weighted by Gasteiger charge is 2.27. The third-order valence-electron chi connectivity index (χ3n) is 2.33. The Balaban J connectivity index is 2.33. The number of hydrogen-bond acceptors (Lipinski definition) is 3. The zero-order chi connectivity index (χ0) is 15.0. The van der Waals surface area contributed by atoms with Gasteiger partial charge in [-0.3, -0.25) is 0 Å². The summed E-state index contributed by atoms with van der Waals surface area (Å²) in [7, 11) is 0. The van der Waals surface area contributed by atoms with Gasteiger partial charge in [0.1, 0.15) is 13.2 Å². The van der Waals surface area contributed by atoms with Gasteiger partial charge in [0, 0.05) is 6.54 Å². The van der Waals surface area contributed by atoms with Crippen molar-refractivity contribution in [2.24, 2.45) is 0 Å². The highest BCUT2D eigenvalue weighted by atomic mass is 19.4. The quantitative estimate of drug-likeness (QED) is 0.591. The van der Waals surface area contributed by atoms with E-state index in [4.69, 9.17) is 4.74 Å². The first-order valence-electron chi connectivity index (χ1n) is 6.19. The van der Waals surface area contributed by atoms with Crippen LogP contribution in [0.15, 0.2) is 18.2 Å². The lowest BCUT2D eigenvalue weighted by molar-refractivity contribution is -0.175. The van der Waals surface area contributed by atoms with E-state index in [9.17, 15) is 17.6 Å². The summed E-state index contributed by atoms with van der Waals surface area (Å²) < 4.78 is 58.3. The topological polar surface area (TPSA) is 30.5 Å². The van der Waals surface area contributed by atoms with Gasteiger partial charge in [-0.15, -0.1) is 0 Å². The van der Waals surface area contributed by atoms with E-state index in [1.807, 2.05) is 6.92 Å². The lowest BCUT2D eigenvalue weighted by Crippen LogP contribution is -2.19. The maximum absolute atomic E-state index is 13.6. The lowest BCUT2D eigenvalue weighted by atomic mass is 10.2. The van der Waals surface area contributed by atoms with E-state index in [2.05, 4.69) is 10.1 Å². The van der Waals surface area contributed by atoms with Crippen molar-refractivity contribution < 1.29 is 27.0 Å². The monoisotopic (exact) mass is 295 g/mol. The van der Waals surface area contributed by atoms with Gasteiger partial charge in [0.2, 0.25) is 0 Å². The molecular formula is C13H17F4NO2. The minimum absolute atomic E-state index is 0.000794. The molecule has 0 spiro atoms. The molecule has 114 valence electrons. The zero-order valence-corrected chi connectivity index (χ0v) is 11.1. The van der Waals surface area contributed by atoms with Crippen LogP contribution in [-0.4, -0.2) is 32.5 Å². The SMILES string of the molecule is CCNCc1ccc(OCCOCC(F)(F)F)c(F)c1. The summed E-state index contributed by atoms with van der Waals surface area (Å²) in [5.74, 6) is -0.544. The smallest absolute Gasteiger partial charge is 0.411 e. The Morgan fingerprint density at radius 3 is 2.55 bits per heavy atom. The molecule has 1 aromatic rings. The molecule has 1 aromatic carbocycles. The van der Waals surface area contributed by atoms with Crippen molar-refractivity contribution in [3.8, 4) is 5.75 Å². The second-order valence-corrected chi connectivity index (χ2v) is 4.06. The van der Waals surface area contributed by atoms with Crippen LogP contribution in [0.5, 0.6) is 5.75 Å². The molecule has 0 aromatic heterocycles. The van der Waals surface area contributed by atoms with Crippen LogP contribution < -0.4 is 10.1 Å².